The van der Waals surface area contributed by atoms with Crippen LogP contribution < -0.4 is 21.2 Å². The highest BCUT2D eigenvalue weighted by Crippen LogP contribution is 2.41. The number of hydrogen-bond donors (Lipinski definition) is 2. The smallest absolute Gasteiger partial charge is 0.416 e. The van der Waals surface area contributed by atoms with Gasteiger partial charge in [-0.2, -0.15) is 41.5 Å². The van der Waals surface area contributed by atoms with Gasteiger partial charge in [-0.05, 0) is 53.5 Å². The van der Waals surface area contributed by atoms with E-state index in [2.05, 4.69) is 15.2 Å². The molecule has 1 saturated heterocycles. The molecule has 200 valence electrons. The highest BCUT2D eigenvalue weighted by Gasteiger charge is 2.38. The molecule has 38 heavy (non-hydrogen) atoms. The summed E-state index contributed by atoms with van der Waals surface area (Å²) in [7, 11) is 0. The van der Waals surface area contributed by atoms with Gasteiger partial charge in [0, 0.05) is 31.1 Å². The van der Waals surface area contributed by atoms with Gasteiger partial charge in [0.2, 0.25) is 5.88 Å². The molecule has 0 spiro atoms. The molecule has 1 aromatic heterocycles. The van der Waals surface area contributed by atoms with E-state index in [4.69, 9.17) is 5.73 Å². The lowest BCUT2D eigenvalue weighted by Crippen LogP contribution is -2.42. The van der Waals surface area contributed by atoms with Crippen LogP contribution in [0, 0.1) is 0 Å². The molecule has 3 N–H and O–H groups in total. The minimum atomic E-state index is -5.03. The SMILES string of the molecule is N[C@H]1CCCN(c2nc(O)c(C(Cc3ccc(C(F)(F)F)cc3C(F)(F)F)=c3ccc4c(c3)C=NN=4)s2)C1. The second-order valence-corrected chi connectivity index (χ2v) is 10.1. The summed E-state index contributed by atoms with van der Waals surface area (Å²) < 4.78 is 81.5. The molecular formula is C25H21F6N5OS. The zero-order valence-electron chi connectivity index (χ0n) is 19.6. The number of aromatic hydroxyl groups is 1. The first-order valence-corrected chi connectivity index (χ1v) is 12.4. The second kappa shape index (κ2) is 9.70. The standard InChI is InChI=1S/C25H21F6N5OS/c26-24(27,28)16-5-3-14(19(10-16)25(29,30)31)9-18(13-4-6-20-15(8-13)11-33-35-20)21-22(37)34-23(38-21)36-7-1-2-17(32)12-36/h3-6,8,10-11,17,37H,1-2,7,9,12,32H2/t17-/m0/s1. The van der Waals surface area contributed by atoms with Crippen molar-refractivity contribution in [2.24, 2.45) is 15.9 Å². The van der Waals surface area contributed by atoms with Crippen LogP contribution in [0.3, 0.4) is 0 Å². The molecule has 0 saturated carbocycles. The molecule has 0 amide bonds. The fourth-order valence-electron chi connectivity index (χ4n) is 4.58. The van der Waals surface area contributed by atoms with Crippen LogP contribution in [0.5, 0.6) is 5.88 Å². The first kappa shape index (κ1) is 26.2. The maximum Gasteiger partial charge on any atom is 0.416 e. The van der Waals surface area contributed by atoms with E-state index in [0.717, 1.165) is 30.2 Å². The molecule has 2 aliphatic heterocycles. The van der Waals surface area contributed by atoms with E-state index >= 15 is 0 Å². The Kier molecular flexibility index (Phi) is 6.68. The van der Waals surface area contributed by atoms with E-state index in [0.29, 0.717) is 40.4 Å². The molecule has 3 heterocycles. The average Bonchev–Trinajstić information content (AvgIpc) is 3.47. The Morgan fingerprint density at radius 2 is 1.87 bits per heavy atom. The van der Waals surface area contributed by atoms with E-state index in [1.807, 2.05) is 4.90 Å². The number of nitrogens with zero attached hydrogens (tertiary/aromatic N) is 4. The van der Waals surface area contributed by atoms with Crippen LogP contribution in [-0.2, 0) is 18.8 Å². The number of benzene rings is 2. The molecule has 6 nitrogen and oxygen atoms in total. The quantitative estimate of drug-likeness (QED) is 0.474. The van der Waals surface area contributed by atoms with Gasteiger partial charge in [-0.15, -0.1) is 0 Å². The Morgan fingerprint density at radius 3 is 2.58 bits per heavy atom. The lowest BCUT2D eigenvalue weighted by atomic mass is 9.94. The zero-order valence-corrected chi connectivity index (χ0v) is 20.5. The van der Waals surface area contributed by atoms with Crippen molar-refractivity contribution in [2.45, 2.75) is 37.7 Å². The molecule has 0 radical (unpaired) electrons. The predicted octanol–water partition coefficient (Wildman–Crippen LogP) is 4.22. The molecular weight excluding hydrogens is 532 g/mol. The normalized spacial score (nSPS) is 18.4. The van der Waals surface area contributed by atoms with Gasteiger partial charge >= 0.3 is 12.4 Å². The lowest BCUT2D eigenvalue weighted by Gasteiger charge is -2.30. The van der Waals surface area contributed by atoms with Gasteiger partial charge in [0.05, 0.1) is 27.6 Å². The van der Waals surface area contributed by atoms with Gasteiger partial charge in [0.1, 0.15) is 0 Å². The Balaban J connectivity index is 1.67. The zero-order chi connectivity index (χ0) is 27.2. The number of thiazole rings is 1. The number of piperidine rings is 1. The van der Waals surface area contributed by atoms with Crippen molar-refractivity contribution in [1.29, 1.82) is 0 Å². The maximum atomic E-state index is 13.9. The van der Waals surface area contributed by atoms with Crippen LogP contribution in [0.4, 0.5) is 31.5 Å². The van der Waals surface area contributed by atoms with Crippen LogP contribution in [0.1, 0.15) is 40.0 Å². The van der Waals surface area contributed by atoms with Gasteiger partial charge in [-0.1, -0.05) is 23.5 Å². The topological polar surface area (TPSA) is 87.1 Å². The van der Waals surface area contributed by atoms with E-state index in [-0.39, 0.29) is 34.0 Å². The third-order valence-electron chi connectivity index (χ3n) is 6.45. The molecule has 5 rings (SSSR count). The number of fused-ring (bicyclic) bond motifs is 1. The molecule has 0 unspecified atom stereocenters. The molecule has 0 aliphatic carbocycles. The number of anilines is 1. The summed E-state index contributed by atoms with van der Waals surface area (Å²) in [5.41, 5.74) is 3.82. The molecule has 1 fully saturated rings. The van der Waals surface area contributed by atoms with Crippen molar-refractivity contribution in [3.05, 3.63) is 74.1 Å². The van der Waals surface area contributed by atoms with Crippen molar-refractivity contribution >= 4 is 28.3 Å². The number of alkyl halides is 6. The minimum absolute atomic E-state index is 0.0806. The highest BCUT2D eigenvalue weighted by molar-refractivity contribution is 7.17. The molecule has 2 aromatic carbocycles. The Hall–Kier alpha value is -3.45. The van der Waals surface area contributed by atoms with Crippen LogP contribution in [-0.4, -0.2) is 35.4 Å². The summed E-state index contributed by atoms with van der Waals surface area (Å²) in [5, 5.41) is 20.1. The van der Waals surface area contributed by atoms with E-state index in [1.165, 1.54) is 6.21 Å². The summed E-state index contributed by atoms with van der Waals surface area (Å²) in [5.74, 6) is -0.376. The van der Waals surface area contributed by atoms with Crippen LogP contribution in [0.2, 0.25) is 0 Å². The first-order valence-electron chi connectivity index (χ1n) is 11.6. The summed E-state index contributed by atoms with van der Waals surface area (Å²) in [6.45, 7) is 1.17. The Labute approximate surface area is 216 Å². The predicted molar refractivity (Wildman–Crippen MR) is 131 cm³/mol. The minimum Gasteiger partial charge on any atom is -0.492 e. The van der Waals surface area contributed by atoms with Crippen LogP contribution in [0.15, 0.2) is 46.6 Å². The van der Waals surface area contributed by atoms with Crippen LogP contribution in [0.25, 0.3) is 5.57 Å². The van der Waals surface area contributed by atoms with Gasteiger partial charge in [-0.3, -0.25) is 0 Å². The van der Waals surface area contributed by atoms with E-state index in [9.17, 15) is 31.4 Å². The summed E-state index contributed by atoms with van der Waals surface area (Å²) in [6.07, 6.45) is -7.23. The number of hydrogen-bond acceptors (Lipinski definition) is 7. The van der Waals surface area contributed by atoms with Gasteiger partial charge in [-0.25, -0.2) is 0 Å². The van der Waals surface area contributed by atoms with E-state index in [1.54, 1.807) is 18.2 Å². The molecule has 1 atom stereocenters. The van der Waals surface area contributed by atoms with Crippen LogP contribution >= 0.6 is 11.3 Å². The summed E-state index contributed by atoms with van der Waals surface area (Å²) >= 11 is 1.10. The maximum absolute atomic E-state index is 13.9. The third kappa shape index (κ3) is 5.25. The van der Waals surface area contributed by atoms with Gasteiger partial charge in [0.15, 0.2) is 5.13 Å². The number of aromatic nitrogens is 1. The molecule has 13 heteroatoms. The fourth-order valence-corrected chi connectivity index (χ4v) is 5.64. The van der Waals surface area contributed by atoms with Crippen molar-refractivity contribution in [1.82, 2.24) is 4.98 Å². The van der Waals surface area contributed by atoms with Crippen molar-refractivity contribution < 1.29 is 31.4 Å². The average molecular weight is 554 g/mol. The number of rotatable bonds is 4. The van der Waals surface area contributed by atoms with E-state index < -0.39 is 29.9 Å². The monoisotopic (exact) mass is 553 g/mol. The van der Waals surface area contributed by atoms with Crippen molar-refractivity contribution in [2.75, 3.05) is 18.0 Å². The molecule has 3 aromatic rings. The first-order chi connectivity index (χ1) is 17.9. The van der Waals surface area contributed by atoms with Crippen molar-refractivity contribution in [3.63, 3.8) is 0 Å². The second-order valence-electron chi connectivity index (χ2n) is 9.14. The molecule has 2 aliphatic rings. The summed E-state index contributed by atoms with van der Waals surface area (Å²) in [4.78, 5) is 6.39. The third-order valence-corrected chi connectivity index (χ3v) is 7.61. The summed E-state index contributed by atoms with van der Waals surface area (Å²) in [6, 6.07) is 6.42. The number of nitrogens with two attached hydrogens (primary N) is 1. The molecule has 0 bridgehead atoms. The van der Waals surface area contributed by atoms with Gasteiger partial charge < -0.3 is 15.7 Å². The fraction of sp³-hybridized carbons (Fsp3) is 0.320. The van der Waals surface area contributed by atoms with Crippen molar-refractivity contribution in [3.8, 4) is 5.88 Å². The lowest BCUT2D eigenvalue weighted by molar-refractivity contribution is -0.143. The van der Waals surface area contributed by atoms with Gasteiger partial charge in [0.25, 0.3) is 0 Å². The number of halogens is 6. The Bertz CT molecular complexity index is 1530. The highest BCUT2D eigenvalue weighted by atomic mass is 32.1. The Morgan fingerprint density at radius 1 is 1.08 bits per heavy atom. The largest absolute Gasteiger partial charge is 0.492 e.